The Bertz CT molecular complexity index is 680. The lowest BCUT2D eigenvalue weighted by molar-refractivity contribution is -0.945. The second-order valence-corrected chi connectivity index (χ2v) is 7.65. The smallest absolute Gasteiger partial charge is 0.339 e. The van der Waals surface area contributed by atoms with Crippen molar-refractivity contribution < 1.29 is 18.8 Å². The monoisotopic (exact) mass is 359 g/mol. The molecule has 2 aliphatic heterocycles. The number of anilines is 1. The van der Waals surface area contributed by atoms with E-state index in [-0.39, 0.29) is 17.9 Å². The van der Waals surface area contributed by atoms with E-state index in [0.29, 0.717) is 12.1 Å². The molecule has 0 spiro atoms. The largest absolute Gasteiger partial charge is 0.465 e. The number of hydrogen-bond donors (Lipinski definition) is 0. The first-order valence-electron chi connectivity index (χ1n) is 9.89. The van der Waals surface area contributed by atoms with E-state index in [9.17, 15) is 9.59 Å². The first kappa shape index (κ1) is 18.9. The molecule has 1 atom stereocenters. The average molecular weight is 359 g/mol. The molecule has 5 nitrogen and oxygen atoms in total. The lowest BCUT2D eigenvalue weighted by Gasteiger charge is -2.49. The van der Waals surface area contributed by atoms with Crippen molar-refractivity contribution in [3.8, 4) is 0 Å². The summed E-state index contributed by atoms with van der Waals surface area (Å²) in [5, 5.41) is 0. The third-order valence-electron chi connectivity index (χ3n) is 6.32. The minimum atomic E-state index is -0.379. The van der Waals surface area contributed by atoms with Gasteiger partial charge in [-0.3, -0.25) is 4.79 Å². The highest BCUT2D eigenvalue weighted by molar-refractivity contribution is 6.05. The number of likely N-dealkylation sites (N-methyl/N-ethyl adjacent to an activating group) is 1. The quantitative estimate of drug-likeness (QED) is 0.612. The average Bonchev–Trinajstić information content (AvgIpc) is 2.68. The number of rotatable bonds is 4. The van der Waals surface area contributed by atoms with Crippen molar-refractivity contribution >= 4 is 17.6 Å². The molecule has 1 amide bonds. The number of carbonyl (C=O) groups excluding carboxylic acids is 2. The Hall–Kier alpha value is -1.88. The zero-order chi connectivity index (χ0) is 18.7. The summed E-state index contributed by atoms with van der Waals surface area (Å²) in [6.45, 7) is 8.04. The third kappa shape index (κ3) is 3.25. The molecule has 0 radical (unpaired) electrons. The Morgan fingerprint density at radius 3 is 2.62 bits per heavy atom. The number of piperidine rings is 2. The van der Waals surface area contributed by atoms with Gasteiger partial charge in [0.05, 0.1) is 38.0 Å². The van der Waals surface area contributed by atoms with Gasteiger partial charge < -0.3 is 14.1 Å². The SMILES string of the molecule is CC[N+]1(C2CCCN(c3c(C)cccc3C(=O)OC)C2=O)CCCCC1. The lowest BCUT2D eigenvalue weighted by Crippen LogP contribution is -2.65. The molecule has 0 aromatic heterocycles. The minimum Gasteiger partial charge on any atom is -0.465 e. The van der Waals surface area contributed by atoms with Gasteiger partial charge in [-0.2, -0.15) is 0 Å². The summed E-state index contributed by atoms with van der Waals surface area (Å²) >= 11 is 0. The van der Waals surface area contributed by atoms with Crippen LogP contribution in [0.15, 0.2) is 18.2 Å². The summed E-state index contributed by atoms with van der Waals surface area (Å²) in [7, 11) is 1.39. The van der Waals surface area contributed by atoms with Crippen molar-refractivity contribution in [1.82, 2.24) is 0 Å². The van der Waals surface area contributed by atoms with E-state index in [4.69, 9.17) is 4.74 Å². The van der Waals surface area contributed by atoms with E-state index in [1.54, 1.807) is 6.07 Å². The van der Waals surface area contributed by atoms with Crippen molar-refractivity contribution in [2.24, 2.45) is 0 Å². The van der Waals surface area contributed by atoms with Crippen LogP contribution in [0.3, 0.4) is 0 Å². The summed E-state index contributed by atoms with van der Waals surface area (Å²) in [6.07, 6.45) is 5.60. The van der Waals surface area contributed by atoms with Gasteiger partial charge >= 0.3 is 5.97 Å². The highest BCUT2D eigenvalue weighted by Gasteiger charge is 2.46. The van der Waals surface area contributed by atoms with Crippen LogP contribution in [-0.2, 0) is 9.53 Å². The van der Waals surface area contributed by atoms with Gasteiger partial charge in [-0.05, 0) is 51.2 Å². The highest BCUT2D eigenvalue weighted by Crippen LogP contribution is 2.34. The van der Waals surface area contributed by atoms with E-state index in [0.717, 1.165) is 48.2 Å². The molecule has 0 bridgehead atoms. The Morgan fingerprint density at radius 2 is 1.96 bits per heavy atom. The number of hydrogen-bond acceptors (Lipinski definition) is 3. The molecule has 3 rings (SSSR count). The molecule has 0 aliphatic carbocycles. The number of esters is 1. The molecule has 0 saturated carbocycles. The van der Waals surface area contributed by atoms with Crippen LogP contribution in [0.25, 0.3) is 0 Å². The van der Waals surface area contributed by atoms with Gasteiger partial charge in [-0.15, -0.1) is 0 Å². The molecule has 0 N–H and O–H groups in total. The van der Waals surface area contributed by atoms with E-state index >= 15 is 0 Å². The first-order chi connectivity index (χ1) is 12.5. The van der Waals surface area contributed by atoms with Crippen LogP contribution >= 0.6 is 0 Å². The van der Waals surface area contributed by atoms with E-state index in [1.807, 2.05) is 24.0 Å². The number of benzene rings is 1. The van der Waals surface area contributed by atoms with Crippen LogP contribution in [0.2, 0.25) is 0 Å². The second kappa shape index (κ2) is 7.78. The van der Waals surface area contributed by atoms with Crippen molar-refractivity contribution in [3.63, 3.8) is 0 Å². The number of aryl methyl sites for hydroxylation is 1. The summed E-state index contributed by atoms with van der Waals surface area (Å²) in [6, 6.07) is 5.58. The topological polar surface area (TPSA) is 46.6 Å². The highest BCUT2D eigenvalue weighted by atomic mass is 16.5. The van der Waals surface area contributed by atoms with Gasteiger partial charge in [0.1, 0.15) is 0 Å². The van der Waals surface area contributed by atoms with Gasteiger partial charge in [-0.25, -0.2) is 4.79 Å². The normalized spacial score (nSPS) is 23.0. The number of methoxy groups -OCH3 is 1. The Morgan fingerprint density at radius 1 is 1.23 bits per heavy atom. The van der Waals surface area contributed by atoms with Gasteiger partial charge in [0.15, 0.2) is 6.04 Å². The summed E-state index contributed by atoms with van der Waals surface area (Å²) < 4.78 is 5.87. The standard InChI is InChI=1S/C21H31N2O3/c1-4-23(14-6-5-7-15-23)18-12-9-13-22(20(18)24)19-16(2)10-8-11-17(19)21(25)26-3/h8,10-11,18H,4-7,9,12-15H2,1-3H3/q+1. The zero-order valence-electron chi connectivity index (χ0n) is 16.3. The molecule has 1 unspecified atom stereocenters. The maximum Gasteiger partial charge on any atom is 0.339 e. The van der Waals surface area contributed by atoms with Crippen molar-refractivity contribution in [3.05, 3.63) is 29.3 Å². The molecule has 2 heterocycles. The molecule has 2 saturated heterocycles. The summed E-state index contributed by atoms with van der Waals surface area (Å²) in [5.41, 5.74) is 2.17. The number of quaternary nitrogens is 1. The number of likely N-dealkylation sites (tertiary alicyclic amines) is 1. The van der Waals surface area contributed by atoms with Gasteiger partial charge in [-0.1, -0.05) is 12.1 Å². The Balaban J connectivity index is 1.97. The fraction of sp³-hybridized carbons (Fsp3) is 0.619. The van der Waals surface area contributed by atoms with Gasteiger partial charge in [0.25, 0.3) is 5.91 Å². The Kier molecular flexibility index (Phi) is 5.66. The molecule has 2 aliphatic rings. The Labute approximate surface area is 156 Å². The van der Waals surface area contributed by atoms with Crippen LogP contribution in [0.4, 0.5) is 5.69 Å². The minimum absolute atomic E-state index is 0.0131. The molecule has 142 valence electrons. The molecule has 1 aromatic carbocycles. The van der Waals surface area contributed by atoms with Crippen molar-refractivity contribution in [1.29, 1.82) is 0 Å². The van der Waals surface area contributed by atoms with Crippen molar-refractivity contribution in [2.45, 2.75) is 52.0 Å². The molecule has 5 heteroatoms. The van der Waals surface area contributed by atoms with Crippen LogP contribution in [0.1, 0.15) is 54.9 Å². The third-order valence-corrected chi connectivity index (χ3v) is 6.32. The van der Waals surface area contributed by atoms with Crippen LogP contribution < -0.4 is 4.90 Å². The predicted molar refractivity (Wildman–Crippen MR) is 102 cm³/mol. The number of para-hydroxylation sites is 1. The maximum atomic E-state index is 13.6. The second-order valence-electron chi connectivity index (χ2n) is 7.65. The van der Waals surface area contributed by atoms with E-state index in [2.05, 4.69) is 6.92 Å². The van der Waals surface area contributed by atoms with Gasteiger partial charge in [0, 0.05) is 13.0 Å². The molecule has 26 heavy (non-hydrogen) atoms. The number of nitrogens with zero attached hydrogens (tertiary/aromatic N) is 2. The van der Waals surface area contributed by atoms with E-state index in [1.165, 1.54) is 26.4 Å². The lowest BCUT2D eigenvalue weighted by atomic mass is 9.94. The zero-order valence-corrected chi connectivity index (χ0v) is 16.3. The number of ether oxygens (including phenoxy) is 1. The first-order valence-corrected chi connectivity index (χ1v) is 9.89. The number of carbonyl (C=O) groups is 2. The summed E-state index contributed by atoms with van der Waals surface area (Å²) in [4.78, 5) is 27.7. The van der Waals surface area contributed by atoms with E-state index < -0.39 is 0 Å². The maximum absolute atomic E-state index is 13.6. The van der Waals surface area contributed by atoms with Crippen LogP contribution in [0.5, 0.6) is 0 Å². The predicted octanol–water partition coefficient (Wildman–Crippen LogP) is 3.30. The fourth-order valence-electron chi connectivity index (χ4n) is 4.87. The number of amides is 1. The summed E-state index contributed by atoms with van der Waals surface area (Å²) in [5.74, 6) is -0.199. The molecular weight excluding hydrogens is 328 g/mol. The fourth-order valence-corrected chi connectivity index (χ4v) is 4.87. The van der Waals surface area contributed by atoms with Crippen molar-refractivity contribution in [2.75, 3.05) is 38.2 Å². The molecule has 2 fully saturated rings. The van der Waals surface area contributed by atoms with Gasteiger partial charge in [0.2, 0.25) is 0 Å². The van der Waals surface area contributed by atoms with Crippen LogP contribution in [0, 0.1) is 6.92 Å². The molecule has 1 aromatic rings. The molecular formula is C21H31N2O3+. The van der Waals surface area contributed by atoms with Crippen LogP contribution in [-0.4, -0.2) is 55.7 Å².